The molecule has 0 heterocycles. The first-order valence-corrected chi connectivity index (χ1v) is 11.7. The highest BCUT2D eigenvalue weighted by Crippen LogP contribution is 2.32. The first-order chi connectivity index (χ1) is 15.8. The fourth-order valence-electron chi connectivity index (χ4n) is 3.67. The second-order valence-corrected chi connectivity index (χ2v) is 8.11. The minimum Gasteiger partial charge on any atom is -0.494 e. The van der Waals surface area contributed by atoms with Crippen molar-refractivity contribution < 1.29 is 24.1 Å². The van der Waals surface area contributed by atoms with Gasteiger partial charge in [0.1, 0.15) is 11.5 Å². The largest absolute Gasteiger partial charge is 0.494 e. The van der Waals surface area contributed by atoms with E-state index in [2.05, 4.69) is 0 Å². The van der Waals surface area contributed by atoms with Crippen LogP contribution in [0.3, 0.4) is 0 Å². The zero-order chi connectivity index (χ0) is 24.4. The predicted octanol–water partition coefficient (Wildman–Crippen LogP) is 4.11. The molecule has 0 saturated heterocycles. The third-order valence-electron chi connectivity index (χ3n) is 5.28. The summed E-state index contributed by atoms with van der Waals surface area (Å²) in [5.74, 6) is 0.924. The van der Waals surface area contributed by atoms with Crippen LogP contribution in [0.25, 0.3) is 0 Å². The van der Waals surface area contributed by atoms with Crippen LogP contribution in [0.1, 0.15) is 33.3 Å². The maximum absolute atomic E-state index is 12.3. The number of hydrogen-bond donors (Lipinski definition) is 2. The van der Waals surface area contributed by atoms with Gasteiger partial charge in [0.25, 0.3) is 0 Å². The maximum atomic E-state index is 12.3. The zero-order valence-electron chi connectivity index (χ0n) is 19.8. The number of nitrogens with zero attached hydrogens (tertiary/aromatic N) is 1. The molecule has 2 amide bonds. The van der Waals surface area contributed by atoms with E-state index in [0.29, 0.717) is 55.6 Å². The number of rotatable bonds is 12. The van der Waals surface area contributed by atoms with Gasteiger partial charge in [0, 0.05) is 6.54 Å². The molecule has 0 fully saturated rings. The van der Waals surface area contributed by atoms with E-state index in [-0.39, 0.29) is 0 Å². The number of alkyl halides is 1. The highest BCUT2D eigenvalue weighted by molar-refractivity contribution is 6.24. The lowest BCUT2D eigenvalue weighted by atomic mass is 10.0. The Hall–Kier alpha value is -2.48. The van der Waals surface area contributed by atoms with Crippen molar-refractivity contribution in [3.05, 3.63) is 70.7 Å². The van der Waals surface area contributed by atoms with Crippen LogP contribution in [0.2, 0.25) is 0 Å². The Bertz CT molecular complexity index is 867. The van der Waals surface area contributed by atoms with Crippen molar-refractivity contribution in [3.63, 3.8) is 0 Å². The molecule has 0 radical (unpaired) electrons. The van der Waals surface area contributed by atoms with Crippen molar-refractivity contribution in [1.29, 1.82) is 0 Å². The van der Waals surface area contributed by atoms with Crippen molar-refractivity contribution in [2.45, 2.75) is 51.8 Å². The van der Waals surface area contributed by atoms with Gasteiger partial charge < -0.3 is 30.0 Å². The number of allylic oxidation sites excluding steroid dienone is 2. The third kappa shape index (κ3) is 7.52. The monoisotopic (exact) mass is 478 g/mol. The summed E-state index contributed by atoms with van der Waals surface area (Å²) in [6, 6.07) is 8.79. The molecule has 0 aliphatic heterocycles. The van der Waals surface area contributed by atoms with Crippen molar-refractivity contribution in [1.82, 2.24) is 4.90 Å². The number of aliphatic hydroxyl groups is 1. The van der Waals surface area contributed by atoms with Crippen molar-refractivity contribution in [2.75, 3.05) is 26.4 Å². The molecule has 3 N–H and O–H groups in total. The average Bonchev–Trinajstić information content (AvgIpc) is 2.90. The second-order valence-electron chi connectivity index (χ2n) is 7.64. The lowest BCUT2D eigenvalue weighted by Gasteiger charge is -2.30. The van der Waals surface area contributed by atoms with E-state index in [1.54, 1.807) is 19.1 Å². The molecule has 2 rings (SSSR count). The number of aliphatic hydroxyl groups excluding tert-OH is 1. The lowest BCUT2D eigenvalue weighted by Crippen LogP contribution is -2.46. The normalized spacial score (nSPS) is 18.1. The molecule has 3 atom stereocenters. The van der Waals surface area contributed by atoms with Gasteiger partial charge >= 0.3 is 6.03 Å². The molecule has 1 aliphatic carbocycles. The van der Waals surface area contributed by atoms with Crippen LogP contribution < -0.4 is 5.73 Å². The molecule has 1 aromatic carbocycles. The summed E-state index contributed by atoms with van der Waals surface area (Å²) < 4.78 is 17.3. The number of primary amides is 1. The van der Waals surface area contributed by atoms with E-state index in [1.165, 1.54) is 4.90 Å². The number of carbonyl (C=O) groups is 1. The van der Waals surface area contributed by atoms with Crippen LogP contribution >= 0.6 is 11.6 Å². The summed E-state index contributed by atoms with van der Waals surface area (Å²) in [6.07, 6.45) is 2.67. The Balaban J connectivity index is 2.25. The summed E-state index contributed by atoms with van der Waals surface area (Å²) in [5, 5.41) is 9.81. The highest BCUT2D eigenvalue weighted by Gasteiger charge is 2.30. The number of urea groups is 1. The molecule has 33 heavy (non-hydrogen) atoms. The Morgan fingerprint density at radius 3 is 2.42 bits per heavy atom. The fraction of sp³-hybridized carbons (Fsp3) is 0.480. The van der Waals surface area contributed by atoms with E-state index in [4.69, 9.17) is 31.5 Å². The van der Waals surface area contributed by atoms with Crippen LogP contribution in [0.15, 0.2) is 65.1 Å². The first-order valence-electron chi connectivity index (χ1n) is 11.2. The smallest absolute Gasteiger partial charge is 0.315 e. The Morgan fingerprint density at radius 2 is 1.85 bits per heavy atom. The number of benzene rings is 1. The van der Waals surface area contributed by atoms with E-state index in [1.807, 2.05) is 51.1 Å². The fourth-order valence-corrected chi connectivity index (χ4v) is 4.03. The molecule has 1 aliphatic rings. The molecule has 0 bridgehead atoms. The van der Waals surface area contributed by atoms with Crippen LogP contribution in [-0.2, 0) is 20.8 Å². The quantitative estimate of drug-likeness (QED) is 0.348. The molecule has 8 heteroatoms. The van der Waals surface area contributed by atoms with E-state index in [0.717, 1.165) is 5.56 Å². The van der Waals surface area contributed by atoms with Gasteiger partial charge in [-0.15, -0.1) is 11.6 Å². The maximum Gasteiger partial charge on any atom is 0.315 e. The number of halogens is 1. The minimum atomic E-state index is -0.835. The molecular formula is C25H35ClN2O5. The van der Waals surface area contributed by atoms with Gasteiger partial charge in [-0.1, -0.05) is 30.3 Å². The molecular weight excluding hydrogens is 444 g/mol. The molecule has 0 saturated carbocycles. The lowest BCUT2D eigenvalue weighted by molar-refractivity contribution is 0.0948. The van der Waals surface area contributed by atoms with E-state index >= 15 is 0 Å². The van der Waals surface area contributed by atoms with Gasteiger partial charge in [0.15, 0.2) is 0 Å². The Kier molecular flexibility index (Phi) is 10.8. The van der Waals surface area contributed by atoms with Gasteiger partial charge in [0.2, 0.25) is 0 Å². The average molecular weight is 479 g/mol. The number of nitrogens with two attached hydrogens (primary N) is 1. The van der Waals surface area contributed by atoms with Crippen LogP contribution in [0.4, 0.5) is 4.79 Å². The molecule has 1 aromatic rings. The zero-order valence-corrected chi connectivity index (χ0v) is 20.5. The number of hydrogen-bond acceptors (Lipinski definition) is 5. The molecule has 3 unspecified atom stereocenters. The summed E-state index contributed by atoms with van der Waals surface area (Å²) in [7, 11) is 0. The molecule has 0 spiro atoms. The molecule has 7 nitrogen and oxygen atoms in total. The number of amides is 2. The molecule has 0 aromatic heterocycles. The van der Waals surface area contributed by atoms with Crippen molar-refractivity contribution in [2.24, 2.45) is 5.73 Å². The topological polar surface area (TPSA) is 94.2 Å². The van der Waals surface area contributed by atoms with Gasteiger partial charge in [-0.2, -0.15) is 0 Å². The SMILES string of the molecule is CCOC1=CC(Cl)C(C(C)N(CCOCc2ccccc2)C(N)=O)=CC(OCC)=C1C(C)O. The van der Waals surface area contributed by atoms with Gasteiger partial charge in [-0.25, -0.2) is 4.79 Å². The summed E-state index contributed by atoms with van der Waals surface area (Å²) >= 11 is 6.74. The van der Waals surface area contributed by atoms with Gasteiger partial charge in [-0.05, 0) is 51.0 Å². The summed E-state index contributed by atoms with van der Waals surface area (Å²) in [6.45, 7) is 9.06. The molecule has 182 valence electrons. The standard InChI is InChI=1S/C25H35ClN2O5/c1-5-32-22-14-20(21(26)15-23(33-6-2)24(22)18(4)29)17(3)28(25(27)30)12-13-31-16-19-10-8-7-9-11-19/h7-11,14-15,17-18,21,29H,5-6,12-13,16H2,1-4H3,(H2,27,30). The highest BCUT2D eigenvalue weighted by atomic mass is 35.5. The predicted molar refractivity (Wildman–Crippen MR) is 130 cm³/mol. The Labute approximate surface area is 201 Å². The first kappa shape index (κ1) is 26.8. The van der Waals surface area contributed by atoms with Crippen LogP contribution in [0.5, 0.6) is 0 Å². The van der Waals surface area contributed by atoms with E-state index < -0.39 is 23.6 Å². The summed E-state index contributed by atoms with van der Waals surface area (Å²) in [4.78, 5) is 13.8. The minimum absolute atomic E-state index is 0.295. The Morgan fingerprint density at radius 1 is 1.18 bits per heavy atom. The second kappa shape index (κ2) is 13.3. The number of carbonyl (C=O) groups excluding carboxylic acids is 1. The van der Waals surface area contributed by atoms with Crippen LogP contribution in [-0.4, -0.2) is 59.9 Å². The van der Waals surface area contributed by atoms with Crippen molar-refractivity contribution >= 4 is 17.6 Å². The number of ether oxygens (including phenoxy) is 3. The summed E-state index contributed by atoms with van der Waals surface area (Å²) in [5.41, 5.74) is 7.97. The third-order valence-corrected chi connectivity index (χ3v) is 5.66. The van der Waals surface area contributed by atoms with Crippen LogP contribution in [0, 0.1) is 0 Å². The van der Waals surface area contributed by atoms with Crippen molar-refractivity contribution in [3.8, 4) is 0 Å². The van der Waals surface area contributed by atoms with Gasteiger partial charge in [-0.3, -0.25) is 0 Å². The van der Waals surface area contributed by atoms with Gasteiger partial charge in [0.05, 0.1) is 49.5 Å². The van der Waals surface area contributed by atoms with E-state index in [9.17, 15) is 9.90 Å².